The van der Waals surface area contributed by atoms with E-state index < -0.39 is 0 Å². The number of benzene rings is 1. The molecule has 162 valence electrons. The third kappa shape index (κ3) is 3.90. The predicted octanol–water partition coefficient (Wildman–Crippen LogP) is 2.19. The van der Waals surface area contributed by atoms with Crippen molar-refractivity contribution in [1.82, 2.24) is 19.3 Å². The summed E-state index contributed by atoms with van der Waals surface area (Å²) >= 11 is 0. The summed E-state index contributed by atoms with van der Waals surface area (Å²) in [7, 11) is 3.07. The predicted molar refractivity (Wildman–Crippen MR) is 115 cm³/mol. The molecule has 0 aliphatic heterocycles. The van der Waals surface area contributed by atoms with Crippen molar-refractivity contribution in [1.29, 1.82) is 0 Å². The SMILES string of the molecule is COc1ccc(NC(=O)Cn2c(-n3nc(C)cc3C)nc3c(c2=O)CCC3)cc1OC. The van der Waals surface area contributed by atoms with Crippen LogP contribution in [-0.2, 0) is 24.2 Å². The fourth-order valence-electron chi connectivity index (χ4n) is 3.91. The highest BCUT2D eigenvalue weighted by Gasteiger charge is 2.24. The number of nitrogens with zero attached hydrogens (tertiary/aromatic N) is 4. The van der Waals surface area contributed by atoms with E-state index in [2.05, 4.69) is 10.4 Å². The van der Waals surface area contributed by atoms with Gasteiger partial charge in [-0.3, -0.25) is 14.2 Å². The van der Waals surface area contributed by atoms with Crippen LogP contribution in [0, 0.1) is 13.8 Å². The van der Waals surface area contributed by atoms with Gasteiger partial charge in [0.2, 0.25) is 11.9 Å². The number of hydrogen-bond acceptors (Lipinski definition) is 6. The Kier molecular flexibility index (Phi) is 5.50. The Morgan fingerprint density at radius 1 is 1.13 bits per heavy atom. The van der Waals surface area contributed by atoms with Crippen LogP contribution in [0.3, 0.4) is 0 Å². The van der Waals surface area contributed by atoms with Crippen molar-refractivity contribution in [2.24, 2.45) is 0 Å². The quantitative estimate of drug-likeness (QED) is 0.652. The van der Waals surface area contributed by atoms with E-state index in [-0.39, 0.29) is 18.0 Å². The fourth-order valence-corrected chi connectivity index (χ4v) is 3.91. The molecule has 0 saturated carbocycles. The Hall–Kier alpha value is -3.62. The number of amides is 1. The van der Waals surface area contributed by atoms with Crippen LogP contribution in [-0.4, -0.2) is 39.5 Å². The molecule has 9 nitrogen and oxygen atoms in total. The van der Waals surface area contributed by atoms with Crippen LogP contribution in [0.25, 0.3) is 5.95 Å². The fraction of sp³-hybridized carbons (Fsp3) is 0.364. The van der Waals surface area contributed by atoms with Crippen molar-refractivity contribution in [2.75, 3.05) is 19.5 Å². The number of aromatic nitrogens is 4. The second kappa shape index (κ2) is 8.25. The second-order valence-electron chi connectivity index (χ2n) is 7.54. The van der Waals surface area contributed by atoms with Gasteiger partial charge in [0.25, 0.3) is 5.56 Å². The Bertz CT molecular complexity index is 1210. The van der Waals surface area contributed by atoms with E-state index in [9.17, 15) is 9.59 Å². The topological polar surface area (TPSA) is 100 Å². The molecular formula is C22H25N5O4. The number of hydrogen-bond donors (Lipinski definition) is 1. The molecule has 2 heterocycles. The van der Waals surface area contributed by atoms with Gasteiger partial charge in [0.05, 0.1) is 25.6 Å². The number of carbonyl (C=O) groups is 1. The molecule has 0 atom stereocenters. The smallest absolute Gasteiger partial charge is 0.258 e. The van der Waals surface area contributed by atoms with Crippen LogP contribution in [0.4, 0.5) is 5.69 Å². The first-order chi connectivity index (χ1) is 14.9. The zero-order valence-electron chi connectivity index (χ0n) is 18.1. The van der Waals surface area contributed by atoms with Crippen LogP contribution in [0.1, 0.15) is 29.1 Å². The molecule has 0 spiro atoms. The van der Waals surface area contributed by atoms with Gasteiger partial charge in [-0.25, -0.2) is 9.67 Å². The number of fused-ring (bicyclic) bond motifs is 1. The molecule has 9 heteroatoms. The van der Waals surface area contributed by atoms with Crippen LogP contribution in [0.5, 0.6) is 11.5 Å². The number of anilines is 1. The van der Waals surface area contributed by atoms with E-state index in [0.29, 0.717) is 35.1 Å². The number of rotatable bonds is 6. The van der Waals surface area contributed by atoms with Crippen LogP contribution in [0.2, 0.25) is 0 Å². The molecule has 2 aromatic heterocycles. The summed E-state index contributed by atoms with van der Waals surface area (Å²) in [4.78, 5) is 30.8. The molecule has 1 N–H and O–H groups in total. The lowest BCUT2D eigenvalue weighted by atomic mass is 10.2. The largest absolute Gasteiger partial charge is 0.493 e. The minimum atomic E-state index is -0.350. The highest BCUT2D eigenvalue weighted by Crippen LogP contribution is 2.29. The molecule has 31 heavy (non-hydrogen) atoms. The molecule has 1 aliphatic rings. The van der Waals surface area contributed by atoms with Crippen molar-refractivity contribution >= 4 is 11.6 Å². The minimum Gasteiger partial charge on any atom is -0.493 e. The van der Waals surface area contributed by atoms with Crippen LogP contribution in [0.15, 0.2) is 29.1 Å². The van der Waals surface area contributed by atoms with Crippen molar-refractivity contribution < 1.29 is 14.3 Å². The maximum atomic E-state index is 13.2. The second-order valence-corrected chi connectivity index (χ2v) is 7.54. The van der Waals surface area contributed by atoms with Crippen molar-refractivity contribution in [3.8, 4) is 17.4 Å². The van der Waals surface area contributed by atoms with E-state index in [0.717, 1.165) is 29.9 Å². The molecule has 0 saturated heterocycles. The average molecular weight is 423 g/mol. The Morgan fingerprint density at radius 2 is 1.90 bits per heavy atom. The maximum absolute atomic E-state index is 13.2. The van der Waals surface area contributed by atoms with Gasteiger partial charge in [0.15, 0.2) is 11.5 Å². The lowest BCUT2D eigenvalue weighted by molar-refractivity contribution is -0.116. The van der Waals surface area contributed by atoms with Gasteiger partial charge in [-0.05, 0) is 51.3 Å². The molecule has 0 fully saturated rings. The van der Waals surface area contributed by atoms with Crippen LogP contribution < -0.4 is 20.3 Å². The monoisotopic (exact) mass is 423 g/mol. The highest BCUT2D eigenvalue weighted by atomic mass is 16.5. The molecule has 1 aromatic carbocycles. The molecule has 0 radical (unpaired) electrons. The highest BCUT2D eigenvalue weighted by molar-refractivity contribution is 5.91. The summed E-state index contributed by atoms with van der Waals surface area (Å²) in [6, 6.07) is 7.00. The van der Waals surface area contributed by atoms with Crippen molar-refractivity contribution in [3.63, 3.8) is 0 Å². The summed E-state index contributed by atoms with van der Waals surface area (Å²) < 4.78 is 13.5. The van der Waals surface area contributed by atoms with E-state index in [1.165, 1.54) is 11.7 Å². The van der Waals surface area contributed by atoms with E-state index in [4.69, 9.17) is 14.5 Å². The number of methoxy groups -OCH3 is 2. The molecule has 4 rings (SSSR count). The maximum Gasteiger partial charge on any atom is 0.258 e. The van der Waals surface area contributed by atoms with Gasteiger partial charge in [0.1, 0.15) is 6.54 Å². The zero-order valence-corrected chi connectivity index (χ0v) is 18.1. The van der Waals surface area contributed by atoms with Gasteiger partial charge >= 0.3 is 0 Å². The lowest BCUT2D eigenvalue weighted by Gasteiger charge is -2.15. The molecule has 0 unspecified atom stereocenters. The molecule has 3 aromatic rings. The standard InChI is InChI=1S/C22H25N5O4/c1-13-10-14(2)27(25-13)22-24-17-7-5-6-16(17)21(29)26(22)12-20(28)23-15-8-9-18(30-3)19(11-15)31-4/h8-11H,5-7,12H2,1-4H3,(H,23,28). The number of ether oxygens (including phenoxy) is 2. The Morgan fingerprint density at radius 3 is 2.58 bits per heavy atom. The first kappa shape index (κ1) is 20.6. The summed E-state index contributed by atoms with van der Waals surface area (Å²) in [5.74, 6) is 1.07. The third-order valence-corrected chi connectivity index (χ3v) is 5.34. The van der Waals surface area contributed by atoms with Gasteiger partial charge < -0.3 is 14.8 Å². The summed E-state index contributed by atoms with van der Waals surface area (Å²) in [5.41, 5.74) is 3.49. The average Bonchev–Trinajstić information content (AvgIpc) is 3.35. The van der Waals surface area contributed by atoms with Crippen molar-refractivity contribution in [2.45, 2.75) is 39.7 Å². The molecule has 1 aliphatic carbocycles. The number of carbonyl (C=O) groups excluding carboxylic acids is 1. The first-order valence-corrected chi connectivity index (χ1v) is 10.1. The lowest BCUT2D eigenvalue weighted by Crippen LogP contribution is -2.34. The van der Waals surface area contributed by atoms with E-state index in [1.54, 1.807) is 30.0 Å². The normalized spacial score (nSPS) is 12.5. The summed E-state index contributed by atoms with van der Waals surface area (Å²) in [5, 5.41) is 7.29. The molecule has 1 amide bonds. The Labute approximate surface area is 179 Å². The summed E-state index contributed by atoms with van der Waals surface area (Å²) in [6.45, 7) is 3.59. The first-order valence-electron chi connectivity index (χ1n) is 10.1. The van der Waals surface area contributed by atoms with Crippen molar-refractivity contribution in [3.05, 3.63) is 57.3 Å². The minimum absolute atomic E-state index is 0.179. The third-order valence-electron chi connectivity index (χ3n) is 5.34. The zero-order chi connectivity index (χ0) is 22.1. The van der Waals surface area contributed by atoms with Gasteiger partial charge in [0, 0.05) is 23.0 Å². The summed E-state index contributed by atoms with van der Waals surface area (Å²) in [6.07, 6.45) is 2.32. The van der Waals surface area contributed by atoms with Gasteiger partial charge in [-0.1, -0.05) is 0 Å². The van der Waals surface area contributed by atoms with Crippen LogP contribution >= 0.6 is 0 Å². The van der Waals surface area contributed by atoms with E-state index >= 15 is 0 Å². The number of aryl methyl sites for hydroxylation is 3. The Balaban J connectivity index is 1.69. The van der Waals surface area contributed by atoms with E-state index in [1.807, 2.05) is 19.9 Å². The molecule has 0 bridgehead atoms. The van der Waals surface area contributed by atoms with Gasteiger partial charge in [-0.2, -0.15) is 5.10 Å². The molecular weight excluding hydrogens is 398 g/mol. The number of nitrogens with one attached hydrogen (secondary N) is 1. The van der Waals surface area contributed by atoms with Gasteiger partial charge in [-0.15, -0.1) is 0 Å².